The smallest absolute Gasteiger partial charge is 0.270 e. The van der Waals surface area contributed by atoms with E-state index in [-0.39, 0.29) is 11.5 Å². The van der Waals surface area contributed by atoms with Crippen molar-refractivity contribution in [2.24, 2.45) is 15.9 Å². The summed E-state index contributed by atoms with van der Waals surface area (Å²) < 4.78 is 0. The van der Waals surface area contributed by atoms with E-state index in [1.54, 1.807) is 24.4 Å². The summed E-state index contributed by atoms with van der Waals surface area (Å²) in [6, 6.07) is 11.5. The lowest BCUT2D eigenvalue weighted by Gasteiger charge is -1.93. The van der Waals surface area contributed by atoms with Gasteiger partial charge in [0.05, 0.1) is 11.1 Å². The molecule has 0 radical (unpaired) electrons. The summed E-state index contributed by atoms with van der Waals surface area (Å²) in [7, 11) is 0. The van der Waals surface area contributed by atoms with Gasteiger partial charge in [0.25, 0.3) is 5.69 Å². The van der Waals surface area contributed by atoms with E-state index in [4.69, 9.17) is 5.73 Å². The van der Waals surface area contributed by atoms with Crippen LogP contribution in [0.1, 0.15) is 11.3 Å². The second-order valence-corrected chi connectivity index (χ2v) is 3.86. The highest BCUT2D eigenvalue weighted by Gasteiger charge is 2.05. The van der Waals surface area contributed by atoms with Crippen LogP contribution in [0.4, 0.5) is 5.69 Å². The zero-order chi connectivity index (χ0) is 14.4. The number of pyridine rings is 1. The molecule has 0 unspecified atom stereocenters. The number of aromatic amines is 1. The van der Waals surface area contributed by atoms with Gasteiger partial charge in [0, 0.05) is 29.8 Å². The van der Waals surface area contributed by atoms with Gasteiger partial charge in [-0.25, -0.2) is 4.98 Å². The van der Waals surface area contributed by atoms with Crippen LogP contribution in [0.3, 0.4) is 0 Å². The number of nitrogens with zero attached hydrogens (tertiary/aromatic N) is 3. The van der Waals surface area contributed by atoms with Crippen molar-refractivity contribution in [1.82, 2.24) is 0 Å². The Balaban J connectivity index is 2.14. The summed E-state index contributed by atoms with van der Waals surface area (Å²) in [5, 5.41) is 18.3. The minimum absolute atomic E-state index is 0.00212. The fourth-order valence-electron chi connectivity index (χ4n) is 1.48. The number of amidine groups is 1. The Labute approximate surface area is 114 Å². The molecule has 20 heavy (non-hydrogen) atoms. The second-order valence-electron chi connectivity index (χ2n) is 3.86. The summed E-state index contributed by atoms with van der Waals surface area (Å²) in [5.41, 5.74) is 6.96. The Morgan fingerprint density at radius 3 is 2.85 bits per heavy atom. The highest BCUT2D eigenvalue weighted by Crippen LogP contribution is 2.11. The number of nitrogens with one attached hydrogen (secondary N) is 1. The van der Waals surface area contributed by atoms with Gasteiger partial charge in [0.15, 0.2) is 6.20 Å². The zero-order valence-electron chi connectivity index (χ0n) is 10.4. The monoisotopic (exact) mass is 270 g/mol. The topological polar surface area (TPSA) is 108 Å². The first-order chi connectivity index (χ1) is 9.66. The largest absolute Gasteiger partial charge is 0.377 e. The van der Waals surface area contributed by atoms with E-state index in [0.29, 0.717) is 11.3 Å². The molecular weight excluding hydrogens is 258 g/mol. The van der Waals surface area contributed by atoms with Gasteiger partial charge < -0.3 is 5.73 Å². The highest BCUT2D eigenvalue weighted by molar-refractivity contribution is 5.94. The number of hydrogen-bond donors (Lipinski definition) is 1. The van der Waals surface area contributed by atoms with Crippen molar-refractivity contribution in [1.29, 1.82) is 0 Å². The number of aromatic nitrogens is 1. The molecule has 1 aromatic carbocycles. The Morgan fingerprint density at radius 1 is 1.30 bits per heavy atom. The molecule has 2 aromatic rings. The molecule has 0 aliphatic carbocycles. The number of nitro benzene ring substituents is 1. The van der Waals surface area contributed by atoms with Crippen LogP contribution < -0.4 is 10.7 Å². The van der Waals surface area contributed by atoms with Crippen molar-refractivity contribution in [2.45, 2.75) is 0 Å². The summed E-state index contributed by atoms with van der Waals surface area (Å²) in [5.74, 6) is 0.229. The maximum atomic E-state index is 10.6. The van der Waals surface area contributed by atoms with Gasteiger partial charge in [-0.05, 0) is 6.07 Å². The van der Waals surface area contributed by atoms with Gasteiger partial charge in [0.1, 0.15) is 0 Å². The Hall–Kier alpha value is -3.09. The number of rotatable bonds is 4. The average molecular weight is 270 g/mol. The van der Waals surface area contributed by atoms with Crippen molar-refractivity contribution in [3.8, 4) is 0 Å². The maximum absolute atomic E-state index is 10.6. The van der Waals surface area contributed by atoms with Crippen LogP contribution in [0.25, 0.3) is 0 Å². The van der Waals surface area contributed by atoms with Crippen LogP contribution in [-0.4, -0.2) is 17.0 Å². The third-order valence-corrected chi connectivity index (χ3v) is 2.44. The van der Waals surface area contributed by atoms with Crippen LogP contribution in [0.5, 0.6) is 0 Å². The molecule has 0 amide bonds. The molecule has 0 bridgehead atoms. The highest BCUT2D eigenvalue weighted by atomic mass is 16.6. The number of H-pyrrole nitrogens is 1. The van der Waals surface area contributed by atoms with Crippen LogP contribution >= 0.6 is 0 Å². The van der Waals surface area contributed by atoms with Gasteiger partial charge in [-0.2, -0.15) is 5.10 Å². The lowest BCUT2D eigenvalue weighted by molar-refractivity contribution is -0.384. The second kappa shape index (κ2) is 6.19. The van der Waals surface area contributed by atoms with Gasteiger partial charge in [-0.1, -0.05) is 12.1 Å². The Bertz CT molecular complexity index is 667. The summed E-state index contributed by atoms with van der Waals surface area (Å²) in [4.78, 5) is 13.1. The molecule has 2 rings (SSSR count). The van der Waals surface area contributed by atoms with Gasteiger partial charge >= 0.3 is 0 Å². The standard InChI is InChI=1S/C13H11N5O2/c14-13(12-6-1-2-7-15-12)17-16-9-10-4-3-5-11(8-10)18(19)20/h1-9H,(H2,14,17)/p+1/b16-9+. The van der Waals surface area contributed by atoms with E-state index >= 15 is 0 Å². The van der Waals surface area contributed by atoms with Crippen LogP contribution in [0.2, 0.25) is 0 Å². The molecule has 100 valence electrons. The number of non-ortho nitro benzene ring substituents is 1. The van der Waals surface area contributed by atoms with Gasteiger partial charge in [-0.15, -0.1) is 5.10 Å². The third kappa shape index (κ3) is 3.45. The molecule has 0 spiro atoms. The molecule has 0 atom stereocenters. The summed E-state index contributed by atoms with van der Waals surface area (Å²) >= 11 is 0. The first-order valence-electron chi connectivity index (χ1n) is 5.75. The number of nitro groups is 1. The van der Waals surface area contributed by atoms with E-state index in [0.717, 1.165) is 0 Å². The predicted octanol–water partition coefficient (Wildman–Crippen LogP) is 1.15. The van der Waals surface area contributed by atoms with Crippen molar-refractivity contribution >= 4 is 17.7 Å². The third-order valence-electron chi connectivity index (χ3n) is 2.44. The molecule has 0 saturated carbocycles. The minimum Gasteiger partial charge on any atom is -0.377 e. The molecule has 1 aromatic heterocycles. The SMILES string of the molecule is NC(=N/N=C/c1cccc([N+](=O)[O-])c1)c1cccc[nH+]1. The normalized spacial score (nSPS) is 11.7. The van der Waals surface area contributed by atoms with E-state index in [9.17, 15) is 10.1 Å². The molecule has 7 nitrogen and oxygen atoms in total. The van der Waals surface area contributed by atoms with Crippen molar-refractivity contribution < 1.29 is 9.91 Å². The lowest BCUT2D eigenvalue weighted by Crippen LogP contribution is -2.23. The van der Waals surface area contributed by atoms with Crippen LogP contribution in [0, 0.1) is 10.1 Å². The van der Waals surface area contributed by atoms with Crippen LogP contribution in [-0.2, 0) is 0 Å². The first kappa shape index (κ1) is 13.3. The molecule has 7 heteroatoms. The van der Waals surface area contributed by atoms with E-state index < -0.39 is 4.92 Å². The van der Waals surface area contributed by atoms with E-state index in [1.165, 1.54) is 18.3 Å². The van der Waals surface area contributed by atoms with Crippen LogP contribution in [0.15, 0.2) is 58.9 Å². The molecule has 0 saturated heterocycles. The molecule has 0 fully saturated rings. The number of nitrogens with two attached hydrogens (primary N) is 1. The van der Waals surface area contributed by atoms with E-state index in [1.807, 2.05) is 12.1 Å². The zero-order valence-corrected chi connectivity index (χ0v) is 10.4. The molecule has 0 aliphatic heterocycles. The Morgan fingerprint density at radius 2 is 2.15 bits per heavy atom. The maximum Gasteiger partial charge on any atom is 0.270 e. The van der Waals surface area contributed by atoms with Gasteiger partial charge in [0.2, 0.25) is 11.5 Å². The quantitative estimate of drug-likeness (QED) is 0.389. The molecule has 0 aliphatic rings. The summed E-state index contributed by atoms with van der Waals surface area (Å²) in [6.07, 6.45) is 3.13. The number of benzene rings is 1. The number of hydrogen-bond acceptors (Lipinski definition) is 4. The summed E-state index contributed by atoms with van der Waals surface area (Å²) in [6.45, 7) is 0. The Kier molecular flexibility index (Phi) is 4.13. The predicted molar refractivity (Wildman–Crippen MR) is 74.4 cm³/mol. The minimum atomic E-state index is -0.464. The fraction of sp³-hybridized carbons (Fsp3) is 0. The first-order valence-corrected chi connectivity index (χ1v) is 5.75. The van der Waals surface area contributed by atoms with E-state index in [2.05, 4.69) is 15.2 Å². The fourth-order valence-corrected chi connectivity index (χ4v) is 1.48. The molecule has 3 N–H and O–H groups in total. The van der Waals surface area contributed by atoms with Crippen molar-refractivity contribution in [2.75, 3.05) is 0 Å². The van der Waals surface area contributed by atoms with Crippen molar-refractivity contribution in [3.05, 3.63) is 70.0 Å². The van der Waals surface area contributed by atoms with Gasteiger partial charge in [-0.3, -0.25) is 10.1 Å². The van der Waals surface area contributed by atoms with Crippen molar-refractivity contribution in [3.63, 3.8) is 0 Å². The molecule has 1 heterocycles. The lowest BCUT2D eigenvalue weighted by atomic mass is 10.2. The molecular formula is C13H12N5O2+. The average Bonchev–Trinajstić information content (AvgIpc) is 2.48.